The van der Waals surface area contributed by atoms with Crippen LogP contribution in [0.15, 0.2) is 22.7 Å². The Labute approximate surface area is 118 Å². The first kappa shape index (κ1) is 13.2. The van der Waals surface area contributed by atoms with Gasteiger partial charge in [-0.15, -0.1) is 0 Å². The Morgan fingerprint density at radius 1 is 1.50 bits per heavy atom. The number of rotatable bonds is 2. The summed E-state index contributed by atoms with van der Waals surface area (Å²) < 4.78 is 0.628. The Balaban J connectivity index is 2.43. The minimum atomic E-state index is -0.264. The number of halogens is 1. The lowest BCUT2D eigenvalue weighted by atomic mass is 10.1. The minimum absolute atomic E-state index is 0.177. The number of nitrogens with two attached hydrogens (primary N) is 1. The molecule has 2 N–H and O–H groups in total. The molecule has 0 radical (unpaired) electrons. The van der Waals surface area contributed by atoms with Crippen LogP contribution < -0.4 is 10.6 Å². The number of anilines is 1. The van der Waals surface area contributed by atoms with E-state index in [-0.39, 0.29) is 29.1 Å². The lowest BCUT2D eigenvalue weighted by Crippen LogP contribution is -2.30. The van der Waals surface area contributed by atoms with E-state index < -0.39 is 0 Å². The molecule has 1 aliphatic heterocycles. The van der Waals surface area contributed by atoms with Crippen LogP contribution in [-0.4, -0.2) is 16.8 Å². The Morgan fingerprint density at radius 3 is 2.61 bits per heavy atom. The molecule has 0 aliphatic carbocycles. The van der Waals surface area contributed by atoms with E-state index in [4.69, 9.17) is 18.0 Å². The van der Waals surface area contributed by atoms with Crippen molar-refractivity contribution in [1.82, 2.24) is 0 Å². The molecule has 18 heavy (non-hydrogen) atoms. The van der Waals surface area contributed by atoms with Gasteiger partial charge >= 0.3 is 0 Å². The normalized spacial score (nSPS) is 19.4. The maximum atomic E-state index is 11.9. The second-order valence-electron chi connectivity index (χ2n) is 4.20. The summed E-state index contributed by atoms with van der Waals surface area (Å²) in [4.78, 5) is 25.2. The number of imide groups is 1. The molecule has 6 heteroatoms. The molecule has 1 aromatic carbocycles. The molecular formula is C12H11BrN2O2S. The van der Waals surface area contributed by atoms with Crippen LogP contribution in [0.4, 0.5) is 5.69 Å². The van der Waals surface area contributed by atoms with Gasteiger partial charge < -0.3 is 5.73 Å². The van der Waals surface area contributed by atoms with E-state index in [2.05, 4.69) is 15.9 Å². The second-order valence-corrected chi connectivity index (χ2v) is 5.50. The van der Waals surface area contributed by atoms with E-state index in [1.807, 2.05) is 0 Å². The predicted molar refractivity (Wildman–Crippen MR) is 76.3 cm³/mol. The van der Waals surface area contributed by atoms with Crippen molar-refractivity contribution in [2.75, 3.05) is 4.90 Å². The number of carbonyl (C=O) groups excluding carboxylic acids is 2. The molecule has 1 atom stereocenters. The first-order valence-electron chi connectivity index (χ1n) is 5.38. The lowest BCUT2D eigenvalue weighted by Gasteiger charge is -2.16. The number of amides is 2. The topological polar surface area (TPSA) is 63.4 Å². The van der Waals surface area contributed by atoms with Crippen LogP contribution in [0.3, 0.4) is 0 Å². The molecule has 0 saturated carbocycles. The molecule has 2 rings (SSSR count). The van der Waals surface area contributed by atoms with Crippen LogP contribution in [-0.2, 0) is 9.59 Å². The molecule has 1 fully saturated rings. The van der Waals surface area contributed by atoms with E-state index in [0.29, 0.717) is 15.7 Å². The number of carbonyl (C=O) groups is 2. The predicted octanol–water partition coefficient (Wildman–Crippen LogP) is 1.98. The van der Waals surface area contributed by atoms with Crippen LogP contribution in [0.2, 0.25) is 0 Å². The van der Waals surface area contributed by atoms with Crippen molar-refractivity contribution < 1.29 is 9.59 Å². The Hall–Kier alpha value is -1.27. The highest BCUT2D eigenvalue weighted by molar-refractivity contribution is 9.10. The van der Waals surface area contributed by atoms with Crippen molar-refractivity contribution >= 4 is 50.6 Å². The maximum Gasteiger partial charge on any atom is 0.237 e. The van der Waals surface area contributed by atoms with Gasteiger partial charge in [0.25, 0.3) is 0 Å². The standard InChI is InChI=1S/C12H11BrN2O2S/c1-6-4-10(16)15(12(6)17)9-3-2-7(11(14)18)5-8(9)13/h2-3,5-6H,4H2,1H3,(H2,14,18). The molecule has 0 bridgehead atoms. The third-order valence-corrected chi connectivity index (χ3v) is 3.72. The molecule has 1 unspecified atom stereocenters. The zero-order valence-electron chi connectivity index (χ0n) is 9.64. The van der Waals surface area contributed by atoms with Crippen LogP contribution in [0, 0.1) is 5.92 Å². The van der Waals surface area contributed by atoms with Gasteiger partial charge in [-0.3, -0.25) is 9.59 Å². The first-order chi connectivity index (χ1) is 8.41. The monoisotopic (exact) mass is 326 g/mol. The van der Waals surface area contributed by atoms with Crippen molar-refractivity contribution in [2.24, 2.45) is 11.7 Å². The highest BCUT2D eigenvalue weighted by Crippen LogP contribution is 2.32. The third-order valence-electron chi connectivity index (χ3n) is 2.85. The Bertz CT molecular complexity index is 559. The highest BCUT2D eigenvalue weighted by atomic mass is 79.9. The zero-order chi connectivity index (χ0) is 13.4. The SMILES string of the molecule is CC1CC(=O)N(c2ccc(C(N)=S)cc2Br)C1=O. The quantitative estimate of drug-likeness (QED) is 0.666. The van der Waals surface area contributed by atoms with Crippen LogP contribution in [0.25, 0.3) is 0 Å². The molecule has 1 saturated heterocycles. The molecule has 2 amide bonds. The van der Waals surface area contributed by atoms with Gasteiger partial charge in [-0.2, -0.15) is 0 Å². The summed E-state index contributed by atoms with van der Waals surface area (Å²) in [6.45, 7) is 1.75. The van der Waals surface area contributed by atoms with Crippen molar-refractivity contribution in [1.29, 1.82) is 0 Å². The van der Waals surface area contributed by atoms with E-state index in [1.165, 1.54) is 4.90 Å². The molecule has 1 aliphatic rings. The number of benzene rings is 1. The van der Waals surface area contributed by atoms with E-state index in [1.54, 1.807) is 25.1 Å². The van der Waals surface area contributed by atoms with Gasteiger partial charge in [0.05, 0.1) is 5.69 Å². The Morgan fingerprint density at radius 2 is 2.17 bits per heavy atom. The fraction of sp³-hybridized carbons (Fsp3) is 0.250. The van der Waals surface area contributed by atoms with E-state index in [9.17, 15) is 9.59 Å². The maximum absolute atomic E-state index is 11.9. The number of hydrogen-bond donors (Lipinski definition) is 1. The number of thiocarbonyl (C=S) groups is 1. The summed E-state index contributed by atoms with van der Waals surface area (Å²) in [5, 5.41) is 0. The van der Waals surface area contributed by atoms with Gasteiger partial charge in [0, 0.05) is 22.4 Å². The molecule has 0 spiro atoms. The highest BCUT2D eigenvalue weighted by Gasteiger charge is 2.37. The van der Waals surface area contributed by atoms with Crippen molar-refractivity contribution in [3.63, 3.8) is 0 Å². The fourth-order valence-corrected chi connectivity index (χ4v) is 2.56. The van der Waals surface area contributed by atoms with Gasteiger partial charge in [0.2, 0.25) is 11.8 Å². The minimum Gasteiger partial charge on any atom is -0.389 e. The Kier molecular flexibility index (Phi) is 3.49. The molecular weight excluding hydrogens is 316 g/mol. The molecule has 1 aromatic rings. The molecule has 0 aromatic heterocycles. The molecule has 1 heterocycles. The number of hydrogen-bond acceptors (Lipinski definition) is 3. The average Bonchev–Trinajstić information content (AvgIpc) is 2.54. The molecule has 4 nitrogen and oxygen atoms in total. The first-order valence-corrected chi connectivity index (χ1v) is 6.58. The smallest absolute Gasteiger partial charge is 0.237 e. The zero-order valence-corrected chi connectivity index (χ0v) is 12.0. The van der Waals surface area contributed by atoms with Crippen molar-refractivity contribution in [3.05, 3.63) is 28.2 Å². The van der Waals surface area contributed by atoms with Gasteiger partial charge in [-0.25, -0.2) is 4.90 Å². The van der Waals surface area contributed by atoms with Crippen LogP contribution >= 0.6 is 28.1 Å². The summed E-state index contributed by atoms with van der Waals surface area (Å²) in [6, 6.07) is 5.08. The number of nitrogens with zero attached hydrogens (tertiary/aromatic N) is 1. The summed E-state index contributed by atoms with van der Waals surface area (Å²) >= 11 is 8.21. The van der Waals surface area contributed by atoms with E-state index >= 15 is 0 Å². The largest absolute Gasteiger partial charge is 0.389 e. The fourth-order valence-electron chi connectivity index (χ4n) is 1.88. The van der Waals surface area contributed by atoms with Gasteiger partial charge in [0.15, 0.2) is 0 Å². The summed E-state index contributed by atoms with van der Waals surface area (Å²) in [5.74, 6) is -0.625. The van der Waals surface area contributed by atoms with Crippen molar-refractivity contribution in [3.8, 4) is 0 Å². The van der Waals surface area contributed by atoms with Crippen molar-refractivity contribution in [2.45, 2.75) is 13.3 Å². The summed E-state index contributed by atoms with van der Waals surface area (Å²) in [7, 11) is 0. The van der Waals surface area contributed by atoms with Crippen LogP contribution in [0.1, 0.15) is 18.9 Å². The average molecular weight is 327 g/mol. The van der Waals surface area contributed by atoms with E-state index in [0.717, 1.165) is 0 Å². The van der Waals surface area contributed by atoms with Gasteiger partial charge in [-0.05, 0) is 34.1 Å². The van der Waals surface area contributed by atoms with Gasteiger partial charge in [-0.1, -0.05) is 19.1 Å². The second kappa shape index (κ2) is 4.78. The summed E-state index contributed by atoms with van der Waals surface area (Å²) in [5.41, 5.74) is 6.75. The van der Waals surface area contributed by atoms with Gasteiger partial charge in [0.1, 0.15) is 4.99 Å². The molecule has 94 valence electrons. The van der Waals surface area contributed by atoms with Crippen LogP contribution in [0.5, 0.6) is 0 Å². The summed E-state index contributed by atoms with van der Waals surface area (Å²) in [6.07, 6.45) is 0.252. The lowest BCUT2D eigenvalue weighted by molar-refractivity contribution is -0.122. The third kappa shape index (κ3) is 2.18.